The molecule has 0 aromatic rings. The van der Waals surface area contributed by atoms with Crippen LogP contribution in [-0.2, 0) is 9.53 Å². The van der Waals surface area contributed by atoms with Crippen LogP contribution in [0.3, 0.4) is 0 Å². The van der Waals surface area contributed by atoms with E-state index in [1.54, 1.807) is 0 Å². The van der Waals surface area contributed by atoms with E-state index in [1.807, 2.05) is 0 Å². The van der Waals surface area contributed by atoms with Crippen molar-refractivity contribution in [2.24, 2.45) is 17.6 Å². The second kappa shape index (κ2) is 6.80. The van der Waals surface area contributed by atoms with Crippen LogP contribution in [0, 0.1) is 11.8 Å². The molecule has 88 valence electrons. The number of amides is 1. The zero-order chi connectivity index (χ0) is 11.1. The Morgan fingerprint density at radius 2 is 2.33 bits per heavy atom. The van der Waals surface area contributed by atoms with Crippen LogP contribution in [0.5, 0.6) is 0 Å². The van der Waals surface area contributed by atoms with Crippen molar-refractivity contribution in [3.8, 4) is 0 Å². The van der Waals surface area contributed by atoms with E-state index in [-0.39, 0.29) is 12.5 Å². The first-order valence-corrected chi connectivity index (χ1v) is 5.78. The smallest absolute Gasteiger partial charge is 0.246 e. The lowest BCUT2D eigenvalue weighted by atomic mass is 9.98. The molecule has 3 N–H and O–H groups in total. The Balaban J connectivity index is 2.05. The number of carbonyl (C=O) groups is 1. The molecule has 1 saturated carbocycles. The standard InChI is InChI=1S/C11H22N2O2/c1-9-3-2-4-10(9)7-13-11(14)8-15-6-5-12/h9-10H,2-8,12H2,1H3,(H,13,14). The fourth-order valence-corrected chi connectivity index (χ4v) is 2.07. The minimum absolute atomic E-state index is 0.0254. The van der Waals surface area contributed by atoms with Gasteiger partial charge in [0, 0.05) is 13.1 Å². The molecular weight excluding hydrogens is 192 g/mol. The summed E-state index contributed by atoms with van der Waals surface area (Å²) < 4.78 is 5.05. The highest BCUT2D eigenvalue weighted by Gasteiger charge is 2.23. The Kier molecular flexibility index (Phi) is 5.65. The van der Waals surface area contributed by atoms with Gasteiger partial charge in [0.1, 0.15) is 6.61 Å². The summed E-state index contributed by atoms with van der Waals surface area (Å²) in [5.41, 5.74) is 5.25. The van der Waals surface area contributed by atoms with Crippen LogP contribution in [0.25, 0.3) is 0 Å². The zero-order valence-corrected chi connectivity index (χ0v) is 9.50. The van der Waals surface area contributed by atoms with Crippen molar-refractivity contribution in [2.45, 2.75) is 26.2 Å². The third-order valence-electron chi connectivity index (χ3n) is 3.10. The molecule has 0 aromatic carbocycles. The maximum absolute atomic E-state index is 11.3. The van der Waals surface area contributed by atoms with Gasteiger partial charge in [-0.25, -0.2) is 0 Å². The molecule has 0 saturated heterocycles. The molecule has 0 bridgehead atoms. The maximum atomic E-state index is 11.3. The Labute approximate surface area is 91.5 Å². The van der Waals surface area contributed by atoms with Gasteiger partial charge in [0.05, 0.1) is 6.61 Å². The summed E-state index contributed by atoms with van der Waals surface area (Å²) in [7, 11) is 0. The molecule has 4 heteroatoms. The predicted molar refractivity (Wildman–Crippen MR) is 59.4 cm³/mol. The van der Waals surface area contributed by atoms with Gasteiger partial charge in [0.15, 0.2) is 0 Å². The minimum Gasteiger partial charge on any atom is -0.370 e. The Morgan fingerprint density at radius 1 is 1.53 bits per heavy atom. The van der Waals surface area contributed by atoms with Gasteiger partial charge >= 0.3 is 0 Å². The molecule has 1 rings (SSSR count). The van der Waals surface area contributed by atoms with E-state index in [0.717, 1.165) is 12.5 Å². The normalized spacial score (nSPS) is 25.5. The Morgan fingerprint density at radius 3 is 2.93 bits per heavy atom. The lowest BCUT2D eigenvalue weighted by molar-refractivity contribution is -0.125. The summed E-state index contributed by atoms with van der Waals surface area (Å²) in [5.74, 6) is 1.38. The molecule has 0 spiro atoms. The first-order valence-electron chi connectivity index (χ1n) is 5.78. The van der Waals surface area contributed by atoms with Crippen molar-refractivity contribution in [3.63, 3.8) is 0 Å². The van der Waals surface area contributed by atoms with E-state index in [1.165, 1.54) is 19.3 Å². The molecule has 4 nitrogen and oxygen atoms in total. The summed E-state index contributed by atoms with van der Waals surface area (Å²) in [6.45, 7) is 4.11. The van der Waals surface area contributed by atoms with Gasteiger partial charge in [0.25, 0.3) is 0 Å². The lowest BCUT2D eigenvalue weighted by Crippen LogP contribution is -2.33. The largest absolute Gasteiger partial charge is 0.370 e. The summed E-state index contributed by atoms with van der Waals surface area (Å²) >= 11 is 0. The Hall–Kier alpha value is -0.610. The van der Waals surface area contributed by atoms with E-state index < -0.39 is 0 Å². The van der Waals surface area contributed by atoms with Crippen molar-refractivity contribution in [2.75, 3.05) is 26.3 Å². The van der Waals surface area contributed by atoms with Gasteiger partial charge in [-0.1, -0.05) is 19.8 Å². The SMILES string of the molecule is CC1CCCC1CNC(=O)COCCN. The molecule has 1 aliphatic rings. The minimum atomic E-state index is -0.0254. The van der Waals surface area contributed by atoms with Crippen LogP contribution in [0.15, 0.2) is 0 Å². The highest BCUT2D eigenvalue weighted by molar-refractivity contribution is 5.77. The fourth-order valence-electron chi connectivity index (χ4n) is 2.07. The molecule has 15 heavy (non-hydrogen) atoms. The average Bonchev–Trinajstić information content (AvgIpc) is 2.61. The lowest BCUT2D eigenvalue weighted by Gasteiger charge is -2.15. The third kappa shape index (κ3) is 4.62. The first kappa shape index (κ1) is 12.5. The molecule has 1 aliphatic carbocycles. The number of nitrogens with two attached hydrogens (primary N) is 1. The second-order valence-electron chi connectivity index (χ2n) is 4.31. The Bertz CT molecular complexity index is 197. The van der Waals surface area contributed by atoms with E-state index in [2.05, 4.69) is 12.2 Å². The molecule has 1 fully saturated rings. The maximum Gasteiger partial charge on any atom is 0.246 e. The van der Waals surface area contributed by atoms with Crippen LogP contribution in [0.2, 0.25) is 0 Å². The molecule has 1 amide bonds. The van der Waals surface area contributed by atoms with Crippen LogP contribution in [0.4, 0.5) is 0 Å². The van der Waals surface area contributed by atoms with Crippen molar-refractivity contribution in [1.29, 1.82) is 0 Å². The number of ether oxygens (including phenoxy) is 1. The van der Waals surface area contributed by atoms with E-state index in [0.29, 0.717) is 19.1 Å². The van der Waals surface area contributed by atoms with E-state index >= 15 is 0 Å². The van der Waals surface area contributed by atoms with Crippen LogP contribution >= 0.6 is 0 Å². The van der Waals surface area contributed by atoms with E-state index in [9.17, 15) is 4.79 Å². The summed E-state index contributed by atoms with van der Waals surface area (Å²) in [6.07, 6.45) is 3.83. The molecule has 0 radical (unpaired) electrons. The van der Waals surface area contributed by atoms with Crippen molar-refractivity contribution >= 4 is 5.91 Å². The first-order chi connectivity index (χ1) is 7.24. The average molecular weight is 214 g/mol. The number of rotatable bonds is 6. The molecule has 0 heterocycles. The van der Waals surface area contributed by atoms with Gasteiger partial charge in [-0.15, -0.1) is 0 Å². The molecule has 2 unspecified atom stereocenters. The predicted octanol–water partition coefficient (Wildman–Crippen LogP) is 0.514. The van der Waals surface area contributed by atoms with Crippen molar-refractivity contribution in [1.82, 2.24) is 5.32 Å². The summed E-state index contributed by atoms with van der Waals surface area (Å²) in [6, 6.07) is 0. The van der Waals surface area contributed by atoms with Gasteiger partial charge < -0.3 is 15.8 Å². The topological polar surface area (TPSA) is 64.3 Å². The van der Waals surface area contributed by atoms with Gasteiger partial charge in [-0.2, -0.15) is 0 Å². The van der Waals surface area contributed by atoms with Crippen molar-refractivity contribution < 1.29 is 9.53 Å². The molecule has 2 atom stereocenters. The summed E-state index contributed by atoms with van der Waals surface area (Å²) in [4.78, 5) is 11.3. The fraction of sp³-hybridized carbons (Fsp3) is 0.909. The number of carbonyl (C=O) groups excluding carboxylic acids is 1. The zero-order valence-electron chi connectivity index (χ0n) is 9.50. The summed E-state index contributed by atoms with van der Waals surface area (Å²) in [5, 5.41) is 2.91. The highest BCUT2D eigenvalue weighted by atomic mass is 16.5. The molecule has 0 aromatic heterocycles. The van der Waals surface area contributed by atoms with Crippen molar-refractivity contribution in [3.05, 3.63) is 0 Å². The number of hydrogen-bond donors (Lipinski definition) is 2. The highest BCUT2D eigenvalue weighted by Crippen LogP contribution is 2.30. The number of nitrogens with one attached hydrogen (secondary N) is 1. The molecular formula is C11H22N2O2. The van der Waals surface area contributed by atoms with Gasteiger partial charge in [0.2, 0.25) is 5.91 Å². The van der Waals surface area contributed by atoms with Gasteiger partial charge in [-0.3, -0.25) is 4.79 Å². The van der Waals surface area contributed by atoms with Crippen LogP contribution in [0.1, 0.15) is 26.2 Å². The monoisotopic (exact) mass is 214 g/mol. The number of hydrogen-bond acceptors (Lipinski definition) is 3. The quantitative estimate of drug-likeness (QED) is 0.633. The third-order valence-corrected chi connectivity index (χ3v) is 3.10. The van der Waals surface area contributed by atoms with Crippen LogP contribution < -0.4 is 11.1 Å². The van der Waals surface area contributed by atoms with Gasteiger partial charge in [-0.05, 0) is 18.3 Å². The van der Waals surface area contributed by atoms with E-state index in [4.69, 9.17) is 10.5 Å². The second-order valence-corrected chi connectivity index (χ2v) is 4.31. The van der Waals surface area contributed by atoms with Crippen LogP contribution in [-0.4, -0.2) is 32.2 Å². The molecule has 0 aliphatic heterocycles.